The highest BCUT2D eigenvalue weighted by Gasteiger charge is 2.46. The Morgan fingerprint density at radius 2 is 1.75 bits per heavy atom. The van der Waals surface area contributed by atoms with Crippen LogP contribution in [0.1, 0.15) is 128 Å². The maximum absolute atomic E-state index is 14.7. The van der Waals surface area contributed by atoms with E-state index in [1.165, 1.54) is 12.0 Å². The summed E-state index contributed by atoms with van der Waals surface area (Å²) in [5.41, 5.74) is 8.11. The van der Waals surface area contributed by atoms with Crippen molar-refractivity contribution >= 4 is 44.4 Å². The summed E-state index contributed by atoms with van der Waals surface area (Å²) in [7, 11) is -2.15. The van der Waals surface area contributed by atoms with Gasteiger partial charge in [-0.3, -0.25) is 19.2 Å². The number of hydrogen-bond acceptors (Lipinski definition) is 7. The van der Waals surface area contributed by atoms with Crippen LogP contribution in [0.25, 0.3) is 33.8 Å². The molecule has 4 fully saturated rings. The predicted octanol–water partition coefficient (Wildman–Crippen LogP) is 7.23. The highest BCUT2D eigenvalue weighted by atomic mass is 32.2. The normalized spacial score (nSPS) is 21.7. The van der Waals surface area contributed by atoms with Crippen LogP contribution in [0, 0.1) is 0 Å². The van der Waals surface area contributed by atoms with Crippen molar-refractivity contribution in [1.82, 2.24) is 28.9 Å². The fourth-order valence-corrected chi connectivity index (χ4v) is 10.5. The lowest BCUT2D eigenvalue weighted by molar-refractivity contribution is 0.0630. The lowest BCUT2D eigenvalue weighted by Gasteiger charge is -2.34. The monoisotopic (exact) mass is 764 g/mol. The maximum atomic E-state index is 14.7. The zero-order valence-electron chi connectivity index (χ0n) is 32.4. The average molecular weight is 765 g/mol. The first kappa shape index (κ1) is 36.2. The molecule has 3 aliphatic heterocycles. The van der Waals surface area contributed by atoms with Crippen molar-refractivity contribution in [3.63, 3.8) is 0 Å². The number of sulfonamides is 1. The number of nitrogens with one attached hydrogen (secondary N) is 1. The Morgan fingerprint density at radius 1 is 0.945 bits per heavy atom. The van der Waals surface area contributed by atoms with E-state index >= 15 is 0 Å². The molecular weight excluding hydrogens is 713 g/mol. The minimum atomic E-state index is -3.83. The van der Waals surface area contributed by atoms with Gasteiger partial charge in [-0.2, -0.15) is 5.10 Å². The quantitative estimate of drug-likeness (QED) is 0.191. The first-order valence-corrected chi connectivity index (χ1v) is 21.8. The molecule has 12 heteroatoms. The van der Waals surface area contributed by atoms with Crippen molar-refractivity contribution in [3.8, 4) is 17.0 Å². The number of likely N-dealkylation sites (tertiary alicyclic amines) is 2. The van der Waals surface area contributed by atoms with Gasteiger partial charge in [-0.1, -0.05) is 32.3 Å². The minimum Gasteiger partial charge on any atom is -0.497 e. The summed E-state index contributed by atoms with van der Waals surface area (Å²) in [6, 6.07) is 12.7. The van der Waals surface area contributed by atoms with Crippen molar-refractivity contribution < 1.29 is 22.7 Å². The fourth-order valence-electron chi connectivity index (χ4n) is 9.92. The van der Waals surface area contributed by atoms with Gasteiger partial charge in [0.2, 0.25) is 10.0 Å². The second kappa shape index (κ2) is 14.0. The summed E-state index contributed by atoms with van der Waals surface area (Å²) >= 11 is 0. The van der Waals surface area contributed by atoms with E-state index < -0.39 is 21.2 Å². The van der Waals surface area contributed by atoms with Crippen LogP contribution in [0.3, 0.4) is 0 Å². The molecule has 2 saturated heterocycles. The number of hydrogen-bond donors (Lipinski definition) is 1. The number of carbonyl (C=O) groups is 2. The molecule has 2 unspecified atom stereocenters. The summed E-state index contributed by atoms with van der Waals surface area (Å²) in [5.74, 6) is 0.486. The molecule has 5 heterocycles. The Bertz CT molecular complexity index is 2330. The molecule has 9 rings (SSSR count). The molecule has 5 aliphatic rings. The third kappa shape index (κ3) is 6.11. The second-order valence-electron chi connectivity index (χ2n) is 16.6. The van der Waals surface area contributed by atoms with E-state index in [-0.39, 0.29) is 23.6 Å². The molecule has 2 aromatic heterocycles. The third-order valence-corrected chi connectivity index (χ3v) is 14.9. The van der Waals surface area contributed by atoms with Crippen LogP contribution in [0.4, 0.5) is 0 Å². The molecule has 2 bridgehead atoms. The van der Waals surface area contributed by atoms with Gasteiger partial charge in [-0.05, 0) is 118 Å². The largest absolute Gasteiger partial charge is 0.497 e. The van der Waals surface area contributed by atoms with Crippen LogP contribution >= 0.6 is 0 Å². The molecule has 2 amide bonds. The SMILES string of the molecule is CCN1CC2CC1CN2C(=O)c1cnn(C2CCC2)c1C1=Cc2cc(OC)ccc2-c2c(C3CCCCC3)c3ccc(C(=O)NS(=O)(=O)C(C)C)cc3n2C1. The van der Waals surface area contributed by atoms with Crippen LogP contribution in [0.15, 0.2) is 42.6 Å². The molecule has 55 heavy (non-hydrogen) atoms. The van der Waals surface area contributed by atoms with Crippen molar-refractivity contribution in [2.24, 2.45) is 0 Å². The van der Waals surface area contributed by atoms with Crippen LogP contribution in [0.5, 0.6) is 5.75 Å². The number of aromatic nitrogens is 3. The van der Waals surface area contributed by atoms with E-state index in [1.54, 1.807) is 33.2 Å². The van der Waals surface area contributed by atoms with Gasteiger partial charge in [0, 0.05) is 47.2 Å². The highest BCUT2D eigenvalue weighted by Crippen LogP contribution is 2.49. The maximum Gasteiger partial charge on any atom is 0.264 e. The summed E-state index contributed by atoms with van der Waals surface area (Å²) in [6.07, 6.45) is 13.9. The number of ether oxygens (including phenoxy) is 1. The van der Waals surface area contributed by atoms with E-state index in [2.05, 4.69) is 48.9 Å². The van der Waals surface area contributed by atoms with E-state index in [4.69, 9.17) is 9.84 Å². The first-order valence-electron chi connectivity index (χ1n) is 20.3. The molecule has 2 aromatic carbocycles. The van der Waals surface area contributed by atoms with E-state index in [1.807, 2.05) is 18.2 Å². The summed E-state index contributed by atoms with van der Waals surface area (Å²) < 4.78 is 38.1. The first-order chi connectivity index (χ1) is 26.6. The second-order valence-corrected chi connectivity index (χ2v) is 18.8. The van der Waals surface area contributed by atoms with Crippen molar-refractivity contribution in [2.75, 3.05) is 26.7 Å². The third-order valence-electron chi connectivity index (χ3n) is 13.2. The number of amides is 2. The van der Waals surface area contributed by atoms with Crippen molar-refractivity contribution in [2.45, 2.75) is 114 Å². The number of benzene rings is 2. The van der Waals surface area contributed by atoms with Gasteiger partial charge in [-0.15, -0.1) is 0 Å². The predicted molar refractivity (Wildman–Crippen MR) is 215 cm³/mol. The van der Waals surface area contributed by atoms with Crippen LogP contribution in [-0.4, -0.2) is 88.5 Å². The molecule has 0 spiro atoms. The van der Waals surface area contributed by atoms with Gasteiger partial charge >= 0.3 is 0 Å². The number of nitrogens with zero attached hydrogens (tertiary/aromatic N) is 5. The molecular formula is C43H52N6O5S. The number of fused-ring (bicyclic) bond motifs is 7. The molecule has 1 N–H and O–H groups in total. The average Bonchev–Trinajstić information content (AvgIpc) is 3.93. The minimum absolute atomic E-state index is 0.0469. The van der Waals surface area contributed by atoms with E-state index in [0.29, 0.717) is 24.1 Å². The molecule has 2 saturated carbocycles. The standard InChI is InChI=1S/C43H52N6O5S/c1-5-46-24-33-21-32(46)25-47(33)43(51)37-22-44-49(31-12-9-13-31)40(37)30-18-29-19-34(54-4)15-17-35(29)41-39(27-10-7-6-8-11-27)36-16-14-28(20-38(36)48(41)23-30)42(50)45-55(52,53)26(2)3/h14-20,22,26-27,31-33H,5-13,21,23-25H2,1-4H3,(H,45,50). The van der Waals surface area contributed by atoms with Gasteiger partial charge < -0.3 is 14.2 Å². The summed E-state index contributed by atoms with van der Waals surface area (Å²) in [5, 5.41) is 5.30. The number of piperazine rings is 1. The van der Waals surface area contributed by atoms with Gasteiger partial charge in [0.15, 0.2) is 0 Å². The van der Waals surface area contributed by atoms with Gasteiger partial charge in [0.1, 0.15) is 5.75 Å². The van der Waals surface area contributed by atoms with Gasteiger partial charge in [-0.25, -0.2) is 13.1 Å². The van der Waals surface area contributed by atoms with Crippen molar-refractivity contribution in [3.05, 3.63) is 70.5 Å². The smallest absolute Gasteiger partial charge is 0.264 e. The highest BCUT2D eigenvalue weighted by molar-refractivity contribution is 7.90. The van der Waals surface area contributed by atoms with Crippen LogP contribution in [0.2, 0.25) is 0 Å². The molecule has 4 aromatic rings. The number of likely N-dealkylation sites (N-methyl/N-ethyl adjacent to an activating group) is 1. The van der Waals surface area contributed by atoms with Crippen LogP contribution < -0.4 is 9.46 Å². The lowest BCUT2D eigenvalue weighted by atomic mass is 9.81. The molecule has 290 valence electrons. The van der Waals surface area contributed by atoms with Gasteiger partial charge in [0.05, 0.1) is 48.1 Å². The molecule has 11 nitrogen and oxygen atoms in total. The van der Waals surface area contributed by atoms with Crippen LogP contribution in [-0.2, 0) is 16.6 Å². The van der Waals surface area contributed by atoms with Gasteiger partial charge in [0.25, 0.3) is 11.8 Å². The molecule has 2 aliphatic carbocycles. The van der Waals surface area contributed by atoms with E-state index in [9.17, 15) is 18.0 Å². The molecule has 2 atom stereocenters. The number of allylic oxidation sites excluding steroid dienone is 1. The lowest BCUT2D eigenvalue weighted by Crippen LogP contribution is -2.48. The van der Waals surface area contributed by atoms with Crippen molar-refractivity contribution in [1.29, 1.82) is 0 Å². The summed E-state index contributed by atoms with van der Waals surface area (Å²) in [4.78, 5) is 32.9. The number of rotatable bonds is 9. The zero-order chi connectivity index (χ0) is 38.2. The summed E-state index contributed by atoms with van der Waals surface area (Å²) in [6.45, 7) is 8.40. The Morgan fingerprint density at radius 3 is 2.42 bits per heavy atom. The number of carbonyl (C=O) groups excluding carboxylic acids is 2. The Kier molecular flexibility index (Phi) is 9.19. The Hall–Kier alpha value is -4.42. The number of methoxy groups -OCH3 is 1. The zero-order valence-corrected chi connectivity index (χ0v) is 33.2. The fraction of sp³-hybridized carbons (Fsp3) is 0.512. The molecule has 0 radical (unpaired) electrons. The van der Waals surface area contributed by atoms with E-state index in [0.717, 1.165) is 116 Å². The Balaban J connectivity index is 1.24. The Labute approximate surface area is 323 Å². The topological polar surface area (TPSA) is 119 Å².